The number of likely N-dealkylation sites (tertiary alicyclic amines) is 1. The lowest BCUT2D eigenvalue weighted by Gasteiger charge is -2.34. The number of para-hydroxylation sites is 1. The lowest BCUT2D eigenvalue weighted by Crippen LogP contribution is -2.44. The van der Waals surface area contributed by atoms with Crippen molar-refractivity contribution in [2.45, 2.75) is 62.8 Å². The zero-order valence-electron chi connectivity index (χ0n) is 23.0. The standard InChI is InChI=1S/C30H38N4O5S/c1-2-25-8-6-7-17-34(25)40(38,39)27-13-11-24(12-14-27)31-29(36)22-15-18-32(19-16-22)30(37)23-20-28(35)33(21-23)26-9-4-3-5-10-26/h3-5,9-14,22-23,25H,2,6-8,15-21H2,1H3,(H,31,36). The van der Waals surface area contributed by atoms with Gasteiger partial charge in [0, 0.05) is 55.9 Å². The maximum absolute atomic E-state index is 13.2. The molecule has 214 valence electrons. The van der Waals surface area contributed by atoms with Gasteiger partial charge < -0.3 is 15.1 Å². The molecule has 3 fully saturated rings. The summed E-state index contributed by atoms with van der Waals surface area (Å²) in [4.78, 5) is 42.3. The second-order valence-electron chi connectivity index (χ2n) is 11.0. The highest BCUT2D eigenvalue weighted by Crippen LogP contribution is 2.30. The summed E-state index contributed by atoms with van der Waals surface area (Å²) in [7, 11) is -3.57. The van der Waals surface area contributed by atoms with Crippen LogP contribution in [0.1, 0.15) is 51.9 Å². The fourth-order valence-corrected chi connectivity index (χ4v) is 7.91. The molecule has 0 bridgehead atoms. The monoisotopic (exact) mass is 566 g/mol. The fraction of sp³-hybridized carbons (Fsp3) is 0.500. The lowest BCUT2D eigenvalue weighted by molar-refractivity contribution is -0.138. The molecule has 0 saturated carbocycles. The van der Waals surface area contributed by atoms with E-state index in [1.165, 1.54) is 0 Å². The van der Waals surface area contributed by atoms with Gasteiger partial charge in [-0.05, 0) is 68.5 Å². The summed E-state index contributed by atoms with van der Waals surface area (Å²) in [5, 5.41) is 2.92. The van der Waals surface area contributed by atoms with Crippen molar-refractivity contribution >= 4 is 39.1 Å². The van der Waals surface area contributed by atoms with Gasteiger partial charge in [0.2, 0.25) is 27.7 Å². The van der Waals surface area contributed by atoms with Gasteiger partial charge in [-0.2, -0.15) is 4.31 Å². The van der Waals surface area contributed by atoms with Crippen LogP contribution in [0.25, 0.3) is 0 Å². The van der Waals surface area contributed by atoms with Crippen LogP contribution >= 0.6 is 0 Å². The molecule has 40 heavy (non-hydrogen) atoms. The third kappa shape index (κ3) is 5.93. The van der Waals surface area contributed by atoms with Crippen LogP contribution in [-0.4, -0.2) is 67.6 Å². The SMILES string of the molecule is CCC1CCCCN1S(=O)(=O)c1ccc(NC(=O)C2CCN(C(=O)C3CC(=O)N(c4ccccc4)C3)CC2)cc1. The number of sulfonamides is 1. The van der Waals surface area contributed by atoms with Crippen LogP contribution in [0.4, 0.5) is 11.4 Å². The molecule has 3 saturated heterocycles. The first-order valence-electron chi connectivity index (χ1n) is 14.3. The molecule has 0 spiro atoms. The van der Waals surface area contributed by atoms with Gasteiger partial charge in [0.1, 0.15) is 0 Å². The van der Waals surface area contributed by atoms with Crippen LogP contribution in [0.15, 0.2) is 59.5 Å². The maximum Gasteiger partial charge on any atom is 0.243 e. The molecule has 10 heteroatoms. The van der Waals surface area contributed by atoms with Crippen LogP contribution in [0, 0.1) is 11.8 Å². The largest absolute Gasteiger partial charge is 0.342 e. The summed E-state index contributed by atoms with van der Waals surface area (Å²) < 4.78 is 28.0. The Labute approximate surface area is 236 Å². The number of nitrogens with zero attached hydrogens (tertiary/aromatic N) is 3. The molecule has 3 aliphatic rings. The number of hydrogen-bond acceptors (Lipinski definition) is 5. The Morgan fingerprint density at radius 1 is 0.900 bits per heavy atom. The fourth-order valence-electron chi connectivity index (χ4n) is 6.14. The molecule has 2 aromatic carbocycles. The molecule has 0 aliphatic carbocycles. The van der Waals surface area contributed by atoms with E-state index in [9.17, 15) is 22.8 Å². The number of carbonyl (C=O) groups is 3. The van der Waals surface area contributed by atoms with E-state index < -0.39 is 10.0 Å². The van der Waals surface area contributed by atoms with Crippen molar-refractivity contribution in [3.05, 3.63) is 54.6 Å². The molecule has 3 heterocycles. The third-order valence-electron chi connectivity index (χ3n) is 8.49. The quantitative estimate of drug-likeness (QED) is 0.548. The minimum Gasteiger partial charge on any atom is -0.342 e. The van der Waals surface area contributed by atoms with E-state index in [1.54, 1.807) is 38.4 Å². The summed E-state index contributed by atoms with van der Waals surface area (Å²) in [5.41, 5.74) is 1.36. The number of amides is 3. The zero-order valence-corrected chi connectivity index (χ0v) is 23.8. The van der Waals surface area contributed by atoms with Crippen molar-refractivity contribution < 1.29 is 22.8 Å². The molecule has 2 aromatic rings. The van der Waals surface area contributed by atoms with Crippen molar-refractivity contribution in [1.82, 2.24) is 9.21 Å². The topological polar surface area (TPSA) is 107 Å². The molecule has 5 rings (SSSR count). The summed E-state index contributed by atoms with van der Waals surface area (Å²) in [5.74, 6) is -0.807. The van der Waals surface area contributed by atoms with Crippen LogP contribution in [-0.2, 0) is 24.4 Å². The Kier molecular flexibility index (Phi) is 8.56. The zero-order chi connectivity index (χ0) is 28.3. The number of rotatable bonds is 7. The van der Waals surface area contributed by atoms with Gasteiger partial charge >= 0.3 is 0 Å². The first-order chi connectivity index (χ1) is 19.3. The minimum absolute atomic E-state index is 0.0264. The second kappa shape index (κ2) is 12.1. The highest BCUT2D eigenvalue weighted by atomic mass is 32.2. The number of piperidine rings is 2. The van der Waals surface area contributed by atoms with Crippen molar-refractivity contribution in [1.29, 1.82) is 0 Å². The van der Waals surface area contributed by atoms with Crippen LogP contribution in [0.3, 0.4) is 0 Å². The molecule has 9 nitrogen and oxygen atoms in total. The normalized spacial score (nSPS) is 22.9. The van der Waals surface area contributed by atoms with Gasteiger partial charge in [-0.1, -0.05) is 31.5 Å². The molecule has 3 aliphatic heterocycles. The van der Waals surface area contributed by atoms with Gasteiger partial charge in [0.25, 0.3) is 0 Å². The van der Waals surface area contributed by atoms with Crippen molar-refractivity contribution in [3.8, 4) is 0 Å². The molecule has 1 N–H and O–H groups in total. The molecule has 2 unspecified atom stereocenters. The first kappa shape index (κ1) is 28.3. The highest BCUT2D eigenvalue weighted by Gasteiger charge is 2.39. The van der Waals surface area contributed by atoms with Gasteiger partial charge in [0.15, 0.2) is 0 Å². The van der Waals surface area contributed by atoms with E-state index in [4.69, 9.17) is 0 Å². The minimum atomic E-state index is -3.57. The van der Waals surface area contributed by atoms with E-state index in [2.05, 4.69) is 5.32 Å². The van der Waals surface area contributed by atoms with E-state index in [0.29, 0.717) is 44.7 Å². The highest BCUT2D eigenvalue weighted by molar-refractivity contribution is 7.89. The average Bonchev–Trinajstić information content (AvgIpc) is 3.39. The summed E-state index contributed by atoms with van der Waals surface area (Å²) in [6.45, 7) is 3.89. The third-order valence-corrected chi connectivity index (χ3v) is 10.5. The Balaban J connectivity index is 1.12. The Hall–Kier alpha value is -3.24. The van der Waals surface area contributed by atoms with Gasteiger partial charge in [0.05, 0.1) is 10.8 Å². The lowest BCUT2D eigenvalue weighted by atomic mass is 9.94. The molecule has 0 radical (unpaired) electrons. The molecular formula is C30H38N4O5S. The van der Waals surface area contributed by atoms with Crippen LogP contribution in [0.5, 0.6) is 0 Å². The average molecular weight is 567 g/mol. The predicted octanol–water partition coefficient (Wildman–Crippen LogP) is 3.87. The van der Waals surface area contributed by atoms with E-state index in [-0.39, 0.29) is 46.9 Å². The number of carbonyl (C=O) groups excluding carboxylic acids is 3. The van der Waals surface area contributed by atoms with Crippen molar-refractivity contribution in [2.75, 3.05) is 36.4 Å². The number of hydrogen-bond donors (Lipinski definition) is 1. The maximum atomic E-state index is 13.2. The number of anilines is 2. The van der Waals surface area contributed by atoms with E-state index in [0.717, 1.165) is 31.4 Å². The van der Waals surface area contributed by atoms with E-state index in [1.807, 2.05) is 37.3 Å². The van der Waals surface area contributed by atoms with Crippen molar-refractivity contribution in [3.63, 3.8) is 0 Å². The Morgan fingerprint density at radius 3 is 2.27 bits per heavy atom. The van der Waals surface area contributed by atoms with E-state index >= 15 is 0 Å². The van der Waals surface area contributed by atoms with Crippen LogP contribution in [0.2, 0.25) is 0 Å². The summed E-state index contributed by atoms with van der Waals surface area (Å²) in [6, 6.07) is 15.8. The summed E-state index contributed by atoms with van der Waals surface area (Å²) in [6.07, 6.45) is 4.90. The Morgan fingerprint density at radius 2 is 1.60 bits per heavy atom. The van der Waals surface area contributed by atoms with Crippen LogP contribution < -0.4 is 10.2 Å². The number of nitrogens with one attached hydrogen (secondary N) is 1. The molecular weight excluding hydrogens is 528 g/mol. The Bertz CT molecular complexity index is 1320. The van der Waals surface area contributed by atoms with Gasteiger partial charge in [-0.3, -0.25) is 14.4 Å². The van der Waals surface area contributed by atoms with Crippen molar-refractivity contribution in [2.24, 2.45) is 11.8 Å². The molecule has 3 amide bonds. The second-order valence-corrected chi connectivity index (χ2v) is 12.9. The smallest absolute Gasteiger partial charge is 0.243 e. The number of benzene rings is 2. The predicted molar refractivity (Wildman–Crippen MR) is 153 cm³/mol. The van der Waals surface area contributed by atoms with Gasteiger partial charge in [-0.25, -0.2) is 8.42 Å². The molecule has 2 atom stereocenters. The first-order valence-corrected chi connectivity index (χ1v) is 15.8. The summed E-state index contributed by atoms with van der Waals surface area (Å²) >= 11 is 0. The van der Waals surface area contributed by atoms with Gasteiger partial charge in [-0.15, -0.1) is 0 Å². The molecule has 0 aromatic heterocycles.